The molecule has 0 aromatic carbocycles. The van der Waals surface area contributed by atoms with Crippen LogP contribution in [0.3, 0.4) is 0 Å². The number of nitrogens with one attached hydrogen (secondary N) is 2. The standard InChI is InChI=1S/C13H28N4/c1-4-6-9-15-13(17-14)16-12-8-7-11(5-2)10(12)3/h10-12H,4-9,14H2,1-3H3,(H2,15,16,17). The van der Waals surface area contributed by atoms with E-state index < -0.39 is 0 Å². The molecule has 0 radical (unpaired) electrons. The Labute approximate surface area is 105 Å². The van der Waals surface area contributed by atoms with Crippen LogP contribution in [0.1, 0.15) is 52.9 Å². The molecule has 0 bridgehead atoms. The van der Waals surface area contributed by atoms with Crippen LogP contribution in [0.25, 0.3) is 0 Å². The zero-order valence-electron chi connectivity index (χ0n) is 11.5. The first-order chi connectivity index (χ1) is 8.22. The highest BCUT2D eigenvalue weighted by atomic mass is 15.3. The van der Waals surface area contributed by atoms with Gasteiger partial charge in [-0.15, -0.1) is 0 Å². The highest BCUT2D eigenvalue weighted by Gasteiger charge is 2.31. The van der Waals surface area contributed by atoms with Crippen LogP contribution in [0, 0.1) is 11.8 Å². The number of guanidine groups is 1. The smallest absolute Gasteiger partial charge is 0.205 e. The van der Waals surface area contributed by atoms with Gasteiger partial charge in [-0.2, -0.15) is 0 Å². The molecule has 4 heteroatoms. The molecule has 1 aliphatic carbocycles. The number of nitrogens with two attached hydrogens (primary N) is 1. The van der Waals surface area contributed by atoms with Crippen molar-refractivity contribution in [3.8, 4) is 0 Å². The molecule has 0 saturated heterocycles. The fourth-order valence-electron chi connectivity index (χ4n) is 2.69. The third-order valence-corrected chi connectivity index (χ3v) is 3.99. The Bertz CT molecular complexity index is 240. The molecule has 0 amide bonds. The Morgan fingerprint density at radius 2 is 2.12 bits per heavy atom. The molecule has 0 aromatic rings. The van der Waals surface area contributed by atoms with Gasteiger partial charge in [-0.05, 0) is 31.1 Å². The fourth-order valence-corrected chi connectivity index (χ4v) is 2.69. The van der Waals surface area contributed by atoms with Crippen molar-refractivity contribution < 1.29 is 0 Å². The molecule has 1 fully saturated rings. The Morgan fingerprint density at radius 1 is 1.35 bits per heavy atom. The maximum Gasteiger partial charge on any atom is 0.205 e. The molecular formula is C13H28N4. The molecule has 0 aliphatic heterocycles. The number of rotatable bonds is 5. The van der Waals surface area contributed by atoms with E-state index in [1.807, 2.05) is 0 Å². The number of aliphatic imine (C=N–C) groups is 1. The third kappa shape index (κ3) is 4.19. The van der Waals surface area contributed by atoms with Crippen molar-refractivity contribution in [3.63, 3.8) is 0 Å². The number of hydrogen-bond donors (Lipinski definition) is 3. The van der Waals surface area contributed by atoms with E-state index in [-0.39, 0.29) is 0 Å². The zero-order valence-corrected chi connectivity index (χ0v) is 11.5. The van der Waals surface area contributed by atoms with E-state index in [2.05, 4.69) is 36.5 Å². The Morgan fingerprint density at radius 3 is 2.65 bits per heavy atom. The van der Waals surface area contributed by atoms with Crippen LogP contribution < -0.4 is 16.6 Å². The summed E-state index contributed by atoms with van der Waals surface area (Å²) in [5.74, 6) is 7.82. The summed E-state index contributed by atoms with van der Waals surface area (Å²) < 4.78 is 0. The second-order valence-electron chi connectivity index (χ2n) is 5.08. The number of unbranched alkanes of at least 4 members (excludes halogenated alkanes) is 1. The first-order valence-electron chi connectivity index (χ1n) is 7.00. The summed E-state index contributed by atoms with van der Waals surface area (Å²) in [6.07, 6.45) is 6.11. The SMILES string of the molecule is CCCCN=C(NN)NC1CCC(CC)C1C. The predicted molar refractivity (Wildman–Crippen MR) is 73.6 cm³/mol. The van der Waals surface area contributed by atoms with Gasteiger partial charge in [-0.1, -0.05) is 33.6 Å². The van der Waals surface area contributed by atoms with Gasteiger partial charge in [0.05, 0.1) is 0 Å². The largest absolute Gasteiger partial charge is 0.352 e. The molecule has 100 valence electrons. The topological polar surface area (TPSA) is 62.4 Å². The Balaban J connectivity index is 2.43. The van der Waals surface area contributed by atoms with Gasteiger partial charge in [0.15, 0.2) is 0 Å². The van der Waals surface area contributed by atoms with Crippen molar-refractivity contribution in [1.29, 1.82) is 0 Å². The summed E-state index contributed by atoms with van der Waals surface area (Å²) >= 11 is 0. The number of hydrogen-bond acceptors (Lipinski definition) is 2. The van der Waals surface area contributed by atoms with E-state index in [1.165, 1.54) is 25.7 Å². The molecular weight excluding hydrogens is 212 g/mol. The third-order valence-electron chi connectivity index (χ3n) is 3.99. The van der Waals surface area contributed by atoms with Crippen molar-refractivity contribution >= 4 is 5.96 Å². The molecule has 3 unspecified atom stereocenters. The van der Waals surface area contributed by atoms with Gasteiger partial charge >= 0.3 is 0 Å². The van der Waals surface area contributed by atoms with Gasteiger partial charge in [0.25, 0.3) is 0 Å². The summed E-state index contributed by atoms with van der Waals surface area (Å²) in [6, 6.07) is 0.524. The van der Waals surface area contributed by atoms with E-state index >= 15 is 0 Å². The van der Waals surface area contributed by atoms with Crippen molar-refractivity contribution in [2.45, 2.75) is 58.9 Å². The molecule has 4 nitrogen and oxygen atoms in total. The second-order valence-corrected chi connectivity index (χ2v) is 5.08. The van der Waals surface area contributed by atoms with E-state index in [9.17, 15) is 0 Å². The molecule has 0 aromatic heterocycles. The monoisotopic (exact) mass is 240 g/mol. The predicted octanol–water partition coefficient (Wildman–Crippen LogP) is 2.02. The lowest BCUT2D eigenvalue weighted by Crippen LogP contribution is -2.47. The van der Waals surface area contributed by atoms with Gasteiger partial charge in [0.1, 0.15) is 0 Å². The van der Waals surface area contributed by atoms with Gasteiger partial charge in [-0.3, -0.25) is 10.4 Å². The second kappa shape index (κ2) is 7.54. The van der Waals surface area contributed by atoms with Crippen LogP contribution in [0.15, 0.2) is 4.99 Å². The van der Waals surface area contributed by atoms with E-state index in [1.54, 1.807) is 0 Å². The molecule has 3 atom stereocenters. The van der Waals surface area contributed by atoms with Crippen LogP contribution in [-0.2, 0) is 0 Å². The van der Waals surface area contributed by atoms with Gasteiger partial charge in [0.2, 0.25) is 5.96 Å². The first kappa shape index (κ1) is 14.3. The maximum atomic E-state index is 5.50. The van der Waals surface area contributed by atoms with Crippen molar-refractivity contribution in [2.24, 2.45) is 22.7 Å². The van der Waals surface area contributed by atoms with Gasteiger partial charge in [0, 0.05) is 12.6 Å². The Hall–Kier alpha value is -0.770. The summed E-state index contributed by atoms with van der Waals surface area (Å²) in [7, 11) is 0. The first-order valence-corrected chi connectivity index (χ1v) is 7.00. The van der Waals surface area contributed by atoms with E-state index in [0.717, 1.165) is 24.8 Å². The average Bonchev–Trinajstić information content (AvgIpc) is 2.69. The quantitative estimate of drug-likeness (QED) is 0.226. The highest BCUT2D eigenvalue weighted by molar-refractivity contribution is 5.79. The van der Waals surface area contributed by atoms with Crippen molar-refractivity contribution in [1.82, 2.24) is 10.7 Å². The molecule has 1 aliphatic rings. The van der Waals surface area contributed by atoms with Crippen LogP contribution in [-0.4, -0.2) is 18.5 Å². The summed E-state index contributed by atoms with van der Waals surface area (Å²) in [5, 5.41) is 3.45. The van der Waals surface area contributed by atoms with Crippen LogP contribution >= 0.6 is 0 Å². The molecule has 1 saturated carbocycles. The van der Waals surface area contributed by atoms with E-state index in [0.29, 0.717) is 12.0 Å². The lowest BCUT2D eigenvalue weighted by Gasteiger charge is -2.22. The average molecular weight is 240 g/mol. The Kier molecular flexibility index (Phi) is 6.34. The summed E-state index contributed by atoms with van der Waals surface area (Å²) in [6.45, 7) is 7.63. The van der Waals surface area contributed by atoms with E-state index in [4.69, 9.17) is 5.84 Å². The minimum Gasteiger partial charge on any atom is -0.352 e. The maximum absolute atomic E-state index is 5.50. The lowest BCUT2D eigenvalue weighted by molar-refractivity contribution is 0.366. The minimum absolute atomic E-state index is 0.524. The summed E-state index contributed by atoms with van der Waals surface area (Å²) in [5.41, 5.74) is 2.68. The fraction of sp³-hybridized carbons (Fsp3) is 0.923. The van der Waals surface area contributed by atoms with Gasteiger partial charge < -0.3 is 5.32 Å². The molecule has 4 N–H and O–H groups in total. The molecule has 0 spiro atoms. The van der Waals surface area contributed by atoms with Gasteiger partial charge in [-0.25, -0.2) is 5.84 Å². The number of nitrogens with zero attached hydrogens (tertiary/aromatic N) is 1. The molecule has 1 rings (SSSR count). The lowest BCUT2D eigenvalue weighted by atomic mass is 9.93. The highest BCUT2D eigenvalue weighted by Crippen LogP contribution is 2.33. The van der Waals surface area contributed by atoms with Crippen molar-refractivity contribution in [2.75, 3.05) is 6.54 Å². The van der Waals surface area contributed by atoms with Crippen LogP contribution in [0.4, 0.5) is 0 Å². The molecule has 0 heterocycles. The summed E-state index contributed by atoms with van der Waals surface area (Å²) in [4.78, 5) is 4.45. The van der Waals surface area contributed by atoms with Crippen LogP contribution in [0.5, 0.6) is 0 Å². The van der Waals surface area contributed by atoms with Crippen molar-refractivity contribution in [3.05, 3.63) is 0 Å². The molecule has 17 heavy (non-hydrogen) atoms. The minimum atomic E-state index is 0.524. The van der Waals surface area contributed by atoms with Crippen LogP contribution in [0.2, 0.25) is 0 Å². The number of hydrazine groups is 1. The normalized spacial score (nSPS) is 29.4. The zero-order chi connectivity index (χ0) is 12.7.